The molecule has 208 valence electrons. The van der Waals surface area contributed by atoms with Gasteiger partial charge in [0, 0.05) is 27.2 Å². The first-order valence-corrected chi connectivity index (χ1v) is 15.3. The Bertz CT molecular complexity index is 2690. The molecule has 0 unspecified atom stereocenters. The van der Waals surface area contributed by atoms with Crippen molar-refractivity contribution in [3.63, 3.8) is 0 Å². The van der Waals surface area contributed by atoms with E-state index in [9.17, 15) is 0 Å². The summed E-state index contributed by atoms with van der Waals surface area (Å²) >= 11 is 0. The third-order valence-corrected chi connectivity index (χ3v) is 9.75. The molecule has 45 heavy (non-hydrogen) atoms. The highest BCUT2D eigenvalue weighted by Crippen LogP contribution is 2.48. The van der Waals surface area contributed by atoms with Gasteiger partial charge in [-0.15, -0.1) is 0 Å². The lowest BCUT2D eigenvalue weighted by Crippen LogP contribution is -2.54. The van der Waals surface area contributed by atoms with Crippen LogP contribution < -0.4 is 21.5 Å². The Morgan fingerprint density at radius 3 is 2.09 bits per heavy atom. The SMILES string of the molecule is c1ccc2c(c1)B1c3oc4ccccc4c3N(c3coc4ccccc34)c3cc(-c4cccc5oc6ccccc6c45)cc-2c31. The zero-order valence-electron chi connectivity index (χ0n) is 24.0. The van der Waals surface area contributed by atoms with Gasteiger partial charge in [0.05, 0.1) is 17.0 Å². The van der Waals surface area contributed by atoms with Crippen molar-refractivity contribution in [2.24, 2.45) is 0 Å². The molecule has 0 aliphatic carbocycles. The molecule has 9 aromatic rings. The molecule has 0 saturated carbocycles. The molecule has 0 N–H and O–H groups in total. The van der Waals surface area contributed by atoms with Crippen LogP contribution in [0.1, 0.15) is 0 Å². The summed E-state index contributed by atoms with van der Waals surface area (Å²) in [7, 11) is 0. The first kappa shape index (κ1) is 23.5. The van der Waals surface area contributed by atoms with Crippen LogP contribution in [0.15, 0.2) is 147 Å². The number of hydrogen-bond donors (Lipinski definition) is 0. The standard InChI is InChI=1S/C40H22BNO3/c1-5-15-30-25(10-1)29-20-23(24-14-9-19-36-37(24)27-12-3-7-17-34(27)44-36)21-31-38(29)41(30)40-39(28-13-4-8-18-35(28)45-40)42(31)32-22-43-33-16-6-2-11-26(32)33/h1-22H. The van der Waals surface area contributed by atoms with E-state index in [4.69, 9.17) is 13.3 Å². The molecule has 5 heteroatoms. The molecule has 5 heterocycles. The minimum atomic E-state index is -0.0115. The van der Waals surface area contributed by atoms with Crippen molar-refractivity contribution in [1.82, 2.24) is 0 Å². The van der Waals surface area contributed by atoms with Gasteiger partial charge < -0.3 is 18.2 Å². The molecule has 4 nitrogen and oxygen atoms in total. The summed E-state index contributed by atoms with van der Waals surface area (Å²) in [5, 5.41) is 4.40. The fourth-order valence-corrected chi connectivity index (χ4v) is 7.93. The molecule has 6 aromatic carbocycles. The van der Waals surface area contributed by atoms with Crippen LogP contribution in [-0.2, 0) is 0 Å². The number of para-hydroxylation sites is 3. The second-order valence-electron chi connectivity index (χ2n) is 12.0. The number of benzene rings is 6. The van der Waals surface area contributed by atoms with Gasteiger partial charge in [-0.2, -0.15) is 0 Å². The van der Waals surface area contributed by atoms with Crippen LogP contribution >= 0.6 is 0 Å². The molecule has 0 fully saturated rings. The van der Waals surface area contributed by atoms with E-state index >= 15 is 0 Å². The lowest BCUT2D eigenvalue weighted by atomic mass is 9.39. The third-order valence-electron chi connectivity index (χ3n) is 9.75. The average Bonchev–Trinajstić information content (AvgIpc) is 3.86. The van der Waals surface area contributed by atoms with Crippen molar-refractivity contribution in [2.45, 2.75) is 0 Å². The van der Waals surface area contributed by atoms with Crippen molar-refractivity contribution >= 4 is 84.2 Å². The summed E-state index contributed by atoms with van der Waals surface area (Å²) < 4.78 is 19.3. The Morgan fingerprint density at radius 1 is 0.511 bits per heavy atom. The van der Waals surface area contributed by atoms with E-state index in [1.54, 1.807) is 0 Å². The van der Waals surface area contributed by atoms with Crippen molar-refractivity contribution in [3.8, 4) is 22.3 Å². The van der Waals surface area contributed by atoms with Gasteiger partial charge in [0.2, 0.25) is 0 Å². The molecule has 11 rings (SSSR count). The largest absolute Gasteiger partial charge is 0.468 e. The first-order chi connectivity index (χ1) is 22.3. The quantitative estimate of drug-likeness (QED) is 0.193. The highest BCUT2D eigenvalue weighted by molar-refractivity contribution is 7.01. The lowest BCUT2D eigenvalue weighted by Gasteiger charge is -2.33. The van der Waals surface area contributed by atoms with Crippen LogP contribution in [-0.4, -0.2) is 6.71 Å². The van der Waals surface area contributed by atoms with Crippen molar-refractivity contribution < 1.29 is 13.3 Å². The van der Waals surface area contributed by atoms with E-state index in [0.29, 0.717) is 0 Å². The monoisotopic (exact) mass is 575 g/mol. The van der Waals surface area contributed by atoms with Gasteiger partial charge in [-0.1, -0.05) is 84.3 Å². The Balaban J connectivity index is 1.30. The van der Waals surface area contributed by atoms with Gasteiger partial charge in [0.15, 0.2) is 0 Å². The molecule has 0 amide bonds. The Kier molecular flexibility index (Phi) is 4.37. The van der Waals surface area contributed by atoms with Crippen molar-refractivity contribution in [2.75, 3.05) is 4.90 Å². The van der Waals surface area contributed by atoms with E-state index in [2.05, 4.69) is 102 Å². The van der Waals surface area contributed by atoms with E-state index < -0.39 is 0 Å². The minimum Gasteiger partial charge on any atom is -0.468 e. The van der Waals surface area contributed by atoms with Gasteiger partial charge in [-0.05, 0) is 76.2 Å². The first-order valence-electron chi connectivity index (χ1n) is 15.3. The molecule has 0 saturated heterocycles. The summed E-state index contributed by atoms with van der Waals surface area (Å²) in [6.45, 7) is -0.0115. The topological polar surface area (TPSA) is 42.7 Å². The maximum Gasteiger partial charge on any atom is 0.294 e. The van der Waals surface area contributed by atoms with Gasteiger partial charge in [0.1, 0.15) is 28.6 Å². The number of fused-ring (bicyclic) bond motifs is 11. The molecular formula is C40H22BNO3. The van der Waals surface area contributed by atoms with Crippen LogP contribution in [0.25, 0.3) is 66.1 Å². The molecule has 2 aliphatic heterocycles. The van der Waals surface area contributed by atoms with Crippen LogP contribution in [0.2, 0.25) is 0 Å². The number of rotatable bonds is 2. The van der Waals surface area contributed by atoms with Crippen LogP contribution in [0.5, 0.6) is 0 Å². The predicted molar refractivity (Wildman–Crippen MR) is 183 cm³/mol. The van der Waals surface area contributed by atoms with Gasteiger partial charge in [-0.25, -0.2) is 0 Å². The highest BCUT2D eigenvalue weighted by atomic mass is 16.3. The van der Waals surface area contributed by atoms with Crippen molar-refractivity contribution in [1.29, 1.82) is 0 Å². The van der Waals surface area contributed by atoms with Gasteiger partial charge in [-0.3, -0.25) is 0 Å². The predicted octanol–water partition coefficient (Wildman–Crippen LogP) is 9.03. The van der Waals surface area contributed by atoms with Crippen molar-refractivity contribution in [3.05, 3.63) is 134 Å². The fourth-order valence-electron chi connectivity index (χ4n) is 7.93. The second-order valence-corrected chi connectivity index (χ2v) is 12.0. The van der Waals surface area contributed by atoms with E-state index in [0.717, 1.165) is 77.7 Å². The Labute approximate surface area is 257 Å². The van der Waals surface area contributed by atoms with E-state index in [1.807, 2.05) is 36.6 Å². The molecule has 0 spiro atoms. The lowest BCUT2D eigenvalue weighted by molar-refractivity contribution is 0.616. The summed E-state index contributed by atoms with van der Waals surface area (Å²) in [6.07, 6.45) is 1.89. The van der Waals surface area contributed by atoms with Gasteiger partial charge in [0.25, 0.3) is 6.71 Å². The molecule has 0 bridgehead atoms. The molecule has 0 radical (unpaired) electrons. The van der Waals surface area contributed by atoms with Gasteiger partial charge >= 0.3 is 0 Å². The van der Waals surface area contributed by atoms with E-state index in [-0.39, 0.29) is 6.71 Å². The van der Waals surface area contributed by atoms with Crippen LogP contribution in [0.4, 0.5) is 17.1 Å². The summed E-state index contributed by atoms with van der Waals surface area (Å²) in [4.78, 5) is 2.38. The Morgan fingerprint density at radius 2 is 1.20 bits per heavy atom. The normalized spacial score (nSPS) is 13.2. The number of hydrogen-bond acceptors (Lipinski definition) is 4. The molecular weight excluding hydrogens is 553 g/mol. The van der Waals surface area contributed by atoms with E-state index in [1.165, 1.54) is 22.1 Å². The number of nitrogens with zero attached hydrogens (tertiary/aromatic N) is 1. The van der Waals surface area contributed by atoms with Crippen LogP contribution in [0, 0.1) is 0 Å². The summed E-state index contributed by atoms with van der Waals surface area (Å²) in [6, 6.07) is 44.8. The zero-order valence-corrected chi connectivity index (χ0v) is 24.0. The zero-order chi connectivity index (χ0) is 29.2. The number of furan rings is 3. The number of anilines is 3. The third kappa shape index (κ3) is 2.97. The second kappa shape index (κ2) is 8.37. The maximum atomic E-state index is 6.81. The minimum absolute atomic E-state index is 0.0115. The molecule has 0 atom stereocenters. The molecule has 3 aromatic heterocycles. The average molecular weight is 575 g/mol. The fraction of sp³-hybridized carbons (Fsp3) is 0. The smallest absolute Gasteiger partial charge is 0.294 e. The Hall–Kier alpha value is -5.94. The van der Waals surface area contributed by atoms with Crippen LogP contribution in [0.3, 0.4) is 0 Å². The maximum absolute atomic E-state index is 6.81. The highest BCUT2D eigenvalue weighted by Gasteiger charge is 2.46. The summed E-state index contributed by atoms with van der Waals surface area (Å²) in [5.74, 6) is 0. The summed E-state index contributed by atoms with van der Waals surface area (Å²) in [5.41, 5.74) is 15.0. The molecule has 2 aliphatic rings.